The smallest absolute Gasteiger partial charge is 0.0811 e. The Morgan fingerprint density at radius 3 is 1.95 bits per heavy atom. The van der Waals surface area contributed by atoms with Crippen molar-refractivity contribution in [3.05, 3.63) is 82.2 Å². The Kier molecular flexibility index (Phi) is 3.18. The van der Waals surface area contributed by atoms with Gasteiger partial charge in [-0.15, -0.1) is 0 Å². The summed E-state index contributed by atoms with van der Waals surface area (Å²) in [5, 5.41) is 4.03. The molecular formula is C16H16N4. The van der Waals surface area contributed by atoms with E-state index < -0.39 is 0 Å². The van der Waals surface area contributed by atoms with Crippen LogP contribution < -0.4 is 0 Å². The molecule has 100 valence electrons. The highest BCUT2D eigenvalue weighted by molar-refractivity contribution is 5.44. The highest BCUT2D eigenvalue weighted by atomic mass is 15.3. The van der Waals surface area contributed by atoms with Gasteiger partial charge >= 0.3 is 0 Å². The van der Waals surface area contributed by atoms with Crippen LogP contribution in [0.2, 0.25) is 0 Å². The summed E-state index contributed by atoms with van der Waals surface area (Å²) in [6, 6.07) is 20.4. The Hall–Kier alpha value is -2.29. The first kappa shape index (κ1) is 12.7. The Morgan fingerprint density at radius 1 is 1.05 bits per heavy atom. The van der Waals surface area contributed by atoms with E-state index in [-0.39, 0.29) is 11.6 Å². The molecule has 1 saturated heterocycles. The zero-order valence-electron chi connectivity index (χ0n) is 11.3. The van der Waals surface area contributed by atoms with E-state index in [2.05, 4.69) is 46.2 Å². The molecule has 1 aliphatic heterocycles. The average Bonchev–Trinajstić information content (AvgIpc) is 2.49. The molecule has 0 saturated carbocycles. The van der Waals surface area contributed by atoms with Crippen molar-refractivity contribution in [2.45, 2.75) is 11.6 Å². The molecular weight excluding hydrogens is 248 g/mol. The maximum absolute atomic E-state index is 8.85. The zero-order valence-corrected chi connectivity index (χ0v) is 11.3. The van der Waals surface area contributed by atoms with Crippen LogP contribution in [-0.2, 0) is 5.54 Å². The third kappa shape index (κ3) is 1.70. The SMILES string of the molecule is CN1CC(N=[N+]=[N-])C1(c1ccccc1)c1ccccc1. The number of rotatable bonds is 3. The monoisotopic (exact) mass is 264 g/mol. The third-order valence-electron chi connectivity index (χ3n) is 4.15. The summed E-state index contributed by atoms with van der Waals surface area (Å²) < 4.78 is 0. The lowest BCUT2D eigenvalue weighted by molar-refractivity contribution is 0.0158. The summed E-state index contributed by atoms with van der Waals surface area (Å²) in [5.41, 5.74) is 10.8. The molecule has 0 aliphatic carbocycles. The van der Waals surface area contributed by atoms with Crippen molar-refractivity contribution in [2.24, 2.45) is 5.11 Å². The molecule has 4 nitrogen and oxygen atoms in total. The van der Waals surface area contributed by atoms with E-state index in [0.717, 1.165) is 17.7 Å². The highest BCUT2D eigenvalue weighted by Gasteiger charge is 2.53. The number of hydrogen-bond donors (Lipinski definition) is 0. The molecule has 2 aromatic rings. The molecule has 0 N–H and O–H groups in total. The molecule has 0 amide bonds. The summed E-state index contributed by atoms with van der Waals surface area (Å²) >= 11 is 0. The standard InChI is InChI=1S/C16H16N4/c1-20-12-15(18-19-17)16(20,13-8-4-2-5-9-13)14-10-6-3-7-11-14/h2-11,15H,12H2,1H3. The predicted molar refractivity (Wildman–Crippen MR) is 79.2 cm³/mol. The van der Waals surface area contributed by atoms with Crippen molar-refractivity contribution < 1.29 is 0 Å². The Labute approximate surface area is 118 Å². The lowest BCUT2D eigenvalue weighted by Gasteiger charge is -2.56. The largest absolute Gasteiger partial charge is 0.292 e. The topological polar surface area (TPSA) is 52.0 Å². The number of nitrogens with zero attached hydrogens (tertiary/aromatic N) is 4. The highest BCUT2D eigenvalue weighted by Crippen LogP contribution is 2.46. The number of hydrogen-bond acceptors (Lipinski definition) is 2. The first-order valence-electron chi connectivity index (χ1n) is 6.66. The van der Waals surface area contributed by atoms with Crippen LogP contribution in [0.1, 0.15) is 11.1 Å². The molecule has 3 rings (SSSR count). The van der Waals surface area contributed by atoms with E-state index in [4.69, 9.17) is 5.53 Å². The van der Waals surface area contributed by atoms with Gasteiger partial charge in [-0.3, -0.25) is 4.90 Å². The summed E-state index contributed by atoms with van der Waals surface area (Å²) in [7, 11) is 2.07. The van der Waals surface area contributed by atoms with Gasteiger partial charge in [0.1, 0.15) is 0 Å². The number of azide groups is 1. The fourth-order valence-corrected chi connectivity index (χ4v) is 3.24. The van der Waals surface area contributed by atoms with E-state index in [1.54, 1.807) is 0 Å². The molecule has 1 fully saturated rings. The number of benzene rings is 2. The van der Waals surface area contributed by atoms with Crippen molar-refractivity contribution in [3.63, 3.8) is 0 Å². The van der Waals surface area contributed by atoms with Gasteiger partial charge in [0.25, 0.3) is 0 Å². The molecule has 0 bridgehead atoms. The summed E-state index contributed by atoms with van der Waals surface area (Å²) in [6.45, 7) is 0.772. The molecule has 0 radical (unpaired) electrons. The van der Waals surface area contributed by atoms with Gasteiger partial charge in [-0.2, -0.15) is 0 Å². The lowest BCUT2D eigenvalue weighted by atomic mass is 9.70. The normalized spacial score (nSPS) is 20.8. The van der Waals surface area contributed by atoms with Gasteiger partial charge in [-0.25, -0.2) is 0 Å². The van der Waals surface area contributed by atoms with Gasteiger partial charge in [-0.05, 0) is 23.7 Å². The van der Waals surface area contributed by atoms with Crippen LogP contribution in [0.5, 0.6) is 0 Å². The van der Waals surface area contributed by atoms with Gasteiger partial charge in [0.15, 0.2) is 0 Å². The number of likely N-dealkylation sites (tertiary alicyclic amines) is 1. The third-order valence-corrected chi connectivity index (χ3v) is 4.15. The van der Waals surface area contributed by atoms with Gasteiger partial charge < -0.3 is 0 Å². The average molecular weight is 264 g/mol. The molecule has 20 heavy (non-hydrogen) atoms. The minimum absolute atomic E-state index is 0.0812. The van der Waals surface area contributed by atoms with Crippen LogP contribution in [0.25, 0.3) is 10.4 Å². The van der Waals surface area contributed by atoms with E-state index in [1.807, 2.05) is 36.4 Å². The van der Waals surface area contributed by atoms with Crippen LogP contribution >= 0.6 is 0 Å². The van der Waals surface area contributed by atoms with Crippen molar-refractivity contribution in [3.8, 4) is 0 Å². The van der Waals surface area contributed by atoms with Gasteiger partial charge in [0.2, 0.25) is 0 Å². The number of likely N-dealkylation sites (N-methyl/N-ethyl adjacent to an activating group) is 1. The minimum Gasteiger partial charge on any atom is -0.292 e. The molecule has 1 heterocycles. The molecule has 1 unspecified atom stereocenters. The van der Waals surface area contributed by atoms with Crippen LogP contribution in [0.4, 0.5) is 0 Å². The van der Waals surface area contributed by atoms with Crippen LogP contribution in [0, 0.1) is 0 Å². The van der Waals surface area contributed by atoms with E-state index in [1.165, 1.54) is 0 Å². The summed E-state index contributed by atoms with van der Waals surface area (Å²) in [6.07, 6.45) is 0. The van der Waals surface area contributed by atoms with Crippen molar-refractivity contribution in [1.29, 1.82) is 0 Å². The minimum atomic E-state index is -0.352. The van der Waals surface area contributed by atoms with Crippen LogP contribution in [0.3, 0.4) is 0 Å². The molecule has 1 aliphatic rings. The maximum atomic E-state index is 8.85. The van der Waals surface area contributed by atoms with Gasteiger partial charge in [0, 0.05) is 11.5 Å². The zero-order chi connectivity index (χ0) is 14.0. The quantitative estimate of drug-likeness (QED) is 0.475. The fourth-order valence-electron chi connectivity index (χ4n) is 3.24. The van der Waals surface area contributed by atoms with Crippen molar-refractivity contribution in [2.75, 3.05) is 13.6 Å². The predicted octanol–water partition coefficient (Wildman–Crippen LogP) is 3.55. The maximum Gasteiger partial charge on any atom is 0.0811 e. The Bertz CT molecular complexity index is 593. The van der Waals surface area contributed by atoms with Crippen LogP contribution in [0.15, 0.2) is 65.8 Å². The first-order valence-corrected chi connectivity index (χ1v) is 6.66. The second-order valence-corrected chi connectivity index (χ2v) is 5.10. The lowest BCUT2D eigenvalue weighted by Crippen LogP contribution is -2.66. The van der Waals surface area contributed by atoms with Crippen molar-refractivity contribution in [1.82, 2.24) is 4.90 Å². The van der Waals surface area contributed by atoms with E-state index in [0.29, 0.717) is 0 Å². The van der Waals surface area contributed by atoms with Crippen LogP contribution in [-0.4, -0.2) is 24.5 Å². The van der Waals surface area contributed by atoms with Gasteiger partial charge in [0.05, 0.1) is 11.6 Å². The first-order chi connectivity index (χ1) is 9.80. The second-order valence-electron chi connectivity index (χ2n) is 5.10. The van der Waals surface area contributed by atoms with Gasteiger partial charge in [-0.1, -0.05) is 65.8 Å². The van der Waals surface area contributed by atoms with E-state index in [9.17, 15) is 0 Å². The Morgan fingerprint density at radius 2 is 1.55 bits per heavy atom. The summed E-state index contributed by atoms with van der Waals surface area (Å²) in [4.78, 5) is 5.28. The molecule has 4 heteroatoms. The Balaban J connectivity index is 2.21. The second kappa shape index (κ2) is 5.00. The van der Waals surface area contributed by atoms with Crippen molar-refractivity contribution >= 4 is 0 Å². The summed E-state index contributed by atoms with van der Waals surface area (Å²) in [5.74, 6) is 0. The molecule has 2 aromatic carbocycles. The molecule has 1 atom stereocenters. The molecule has 0 aromatic heterocycles. The van der Waals surface area contributed by atoms with E-state index >= 15 is 0 Å². The molecule has 0 spiro atoms. The fraction of sp³-hybridized carbons (Fsp3) is 0.250.